The van der Waals surface area contributed by atoms with E-state index in [2.05, 4.69) is 10.3 Å². The number of halogens is 2. The summed E-state index contributed by atoms with van der Waals surface area (Å²) < 4.78 is 16.1. The van der Waals surface area contributed by atoms with Gasteiger partial charge < -0.3 is 9.88 Å². The Balaban J connectivity index is 2.20. The Hall–Kier alpha value is -1.86. The number of carbonyl (C=O) groups is 1. The van der Waals surface area contributed by atoms with Crippen molar-refractivity contribution in [1.29, 1.82) is 0 Å². The molecule has 0 fully saturated rings. The van der Waals surface area contributed by atoms with Gasteiger partial charge in [-0.05, 0) is 18.6 Å². The highest BCUT2D eigenvalue weighted by molar-refractivity contribution is 7.99. The highest BCUT2D eigenvalue weighted by atomic mass is 35.5. The summed E-state index contributed by atoms with van der Waals surface area (Å²) in [6.07, 6.45) is 0.878. The number of benzene rings is 1. The van der Waals surface area contributed by atoms with E-state index in [4.69, 9.17) is 11.6 Å². The van der Waals surface area contributed by atoms with Gasteiger partial charge in [0.1, 0.15) is 11.6 Å². The van der Waals surface area contributed by atoms with Crippen molar-refractivity contribution in [3.05, 3.63) is 50.5 Å². The highest BCUT2D eigenvalue weighted by Crippen LogP contribution is 2.39. The zero-order valence-electron chi connectivity index (χ0n) is 13.8. The molecule has 0 bridgehead atoms. The van der Waals surface area contributed by atoms with Gasteiger partial charge in [0.2, 0.25) is 5.91 Å². The second kappa shape index (κ2) is 7.17. The number of amides is 1. The zero-order chi connectivity index (χ0) is 18.1. The molecule has 0 aliphatic carbocycles. The van der Waals surface area contributed by atoms with E-state index in [0.29, 0.717) is 11.0 Å². The summed E-state index contributed by atoms with van der Waals surface area (Å²) in [5.74, 6) is -0.419. The van der Waals surface area contributed by atoms with Crippen molar-refractivity contribution in [2.45, 2.75) is 30.8 Å². The Morgan fingerprint density at radius 2 is 2.16 bits per heavy atom. The van der Waals surface area contributed by atoms with Crippen molar-refractivity contribution in [2.75, 3.05) is 11.1 Å². The van der Waals surface area contributed by atoms with Crippen LogP contribution in [-0.4, -0.2) is 21.2 Å². The monoisotopic (exact) mass is 381 g/mol. The lowest BCUT2D eigenvalue weighted by Crippen LogP contribution is -2.34. The maximum atomic E-state index is 14.4. The lowest BCUT2D eigenvalue weighted by Gasteiger charge is -2.28. The van der Waals surface area contributed by atoms with Crippen LogP contribution in [0.15, 0.2) is 28.2 Å². The van der Waals surface area contributed by atoms with Crippen molar-refractivity contribution in [2.24, 2.45) is 7.05 Å². The van der Waals surface area contributed by atoms with Gasteiger partial charge in [-0.3, -0.25) is 9.59 Å². The van der Waals surface area contributed by atoms with E-state index < -0.39 is 17.3 Å². The summed E-state index contributed by atoms with van der Waals surface area (Å²) in [4.78, 5) is 29.0. The number of carbonyl (C=O) groups excluding carboxylic acids is 1. The third-order valence-corrected chi connectivity index (χ3v) is 5.65. The van der Waals surface area contributed by atoms with Crippen LogP contribution < -0.4 is 10.9 Å². The summed E-state index contributed by atoms with van der Waals surface area (Å²) >= 11 is 7.60. The molecule has 1 aromatic carbocycles. The number of hydrogen-bond donors (Lipinski definition) is 1. The SMILES string of the molecule is CCCSc1nc(=O)c2c(n1C)NC(=O)CC2c1c(F)cccc1Cl. The summed E-state index contributed by atoms with van der Waals surface area (Å²) in [5.41, 5.74) is -0.0286. The molecule has 1 aromatic heterocycles. The third-order valence-electron chi connectivity index (χ3n) is 4.08. The number of fused-ring (bicyclic) bond motifs is 1. The van der Waals surface area contributed by atoms with Crippen LogP contribution in [0.5, 0.6) is 0 Å². The van der Waals surface area contributed by atoms with E-state index in [1.165, 1.54) is 23.9 Å². The van der Waals surface area contributed by atoms with Gasteiger partial charge in [0.15, 0.2) is 5.16 Å². The van der Waals surface area contributed by atoms with Gasteiger partial charge in [0, 0.05) is 35.7 Å². The van der Waals surface area contributed by atoms with Crippen molar-refractivity contribution < 1.29 is 9.18 Å². The standard InChI is InChI=1S/C17H17ClFN3O2S/c1-3-7-25-17-21-16(24)14-9(8-12(23)20-15(14)22(17)2)13-10(18)5-4-6-11(13)19/h4-6,9H,3,7-8H2,1-2H3,(H,20,23). The molecule has 0 saturated carbocycles. The molecule has 0 spiro atoms. The first-order chi connectivity index (χ1) is 11.9. The topological polar surface area (TPSA) is 64.0 Å². The lowest BCUT2D eigenvalue weighted by atomic mass is 9.86. The van der Waals surface area contributed by atoms with Crippen LogP contribution in [0.2, 0.25) is 5.02 Å². The van der Waals surface area contributed by atoms with Crippen molar-refractivity contribution in [3.8, 4) is 0 Å². The number of anilines is 1. The Morgan fingerprint density at radius 3 is 2.84 bits per heavy atom. The van der Waals surface area contributed by atoms with E-state index in [1.807, 2.05) is 6.92 Å². The van der Waals surface area contributed by atoms with E-state index in [-0.39, 0.29) is 28.5 Å². The molecule has 2 heterocycles. The predicted octanol–water partition coefficient (Wildman–Crippen LogP) is 3.55. The van der Waals surface area contributed by atoms with Gasteiger partial charge in [-0.15, -0.1) is 0 Å². The Labute approximate surface area is 153 Å². The molecule has 1 aliphatic rings. The lowest BCUT2D eigenvalue weighted by molar-refractivity contribution is -0.116. The number of rotatable bonds is 4. The maximum absolute atomic E-state index is 14.4. The molecule has 8 heteroatoms. The summed E-state index contributed by atoms with van der Waals surface area (Å²) in [6.45, 7) is 2.03. The van der Waals surface area contributed by atoms with Crippen molar-refractivity contribution in [3.63, 3.8) is 0 Å². The van der Waals surface area contributed by atoms with Gasteiger partial charge in [-0.2, -0.15) is 4.98 Å². The highest BCUT2D eigenvalue weighted by Gasteiger charge is 2.34. The fourth-order valence-corrected chi connectivity index (χ4v) is 4.06. The molecule has 3 rings (SSSR count). The van der Waals surface area contributed by atoms with Gasteiger partial charge in [-0.25, -0.2) is 4.39 Å². The van der Waals surface area contributed by atoms with E-state index >= 15 is 0 Å². The molecule has 1 atom stereocenters. The summed E-state index contributed by atoms with van der Waals surface area (Å²) in [7, 11) is 1.73. The first-order valence-electron chi connectivity index (χ1n) is 7.91. The molecule has 1 aliphatic heterocycles. The fraction of sp³-hybridized carbons (Fsp3) is 0.353. The first kappa shape index (κ1) is 17.9. The molecular weight excluding hydrogens is 365 g/mol. The summed E-state index contributed by atoms with van der Waals surface area (Å²) in [5, 5.41) is 3.44. The molecule has 5 nitrogen and oxygen atoms in total. The summed E-state index contributed by atoms with van der Waals surface area (Å²) in [6, 6.07) is 4.32. The molecule has 1 amide bonds. The average molecular weight is 382 g/mol. The van der Waals surface area contributed by atoms with E-state index in [0.717, 1.165) is 12.2 Å². The number of thioether (sulfide) groups is 1. The van der Waals surface area contributed by atoms with Crippen LogP contribution >= 0.6 is 23.4 Å². The van der Waals surface area contributed by atoms with Crippen molar-refractivity contribution >= 4 is 35.1 Å². The molecule has 132 valence electrons. The largest absolute Gasteiger partial charge is 0.312 e. The van der Waals surface area contributed by atoms with Crippen LogP contribution in [0.1, 0.15) is 36.8 Å². The minimum absolute atomic E-state index is 0.0496. The molecule has 25 heavy (non-hydrogen) atoms. The first-order valence-corrected chi connectivity index (χ1v) is 9.27. The predicted molar refractivity (Wildman–Crippen MR) is 97.0 cm³/mol. The van der Waals surface area contributed by atoms with Gasteiger partial charge in [0.25, 0.3) is 5.56 Å². The smallest absolute Gasteiger partial charge is 0.279 e. The number of hydrogen-bond acceptors (Lipinski definition) is 4. The minimum atomic E-state index is -0.756. The third kappa shape index (κ3) is 3.30. The minimum Gasteiger partial charge on any atom is -0.312 e. The second-order valence-corrected chi connectivity index (χ2v) is 7.28. The molecule has 1 unspecified atom stereocenters. The zero-order valence-corrected chi connectivity index (χ0v) is 15.4. The van der Waals surface area contributed by atoms with Crippen LogP contribution in [0.25, 0.3) is 0 Å². The van der Waals surface area contributed by atoms with Crippen LogP contribution in [0.4, 0.5) is 10.2 Å². The number of nitrogens with zero attached hydrogens (tertiary/aromatic N) is 2. The van der Waals surface area contributed by atoms with Gasteiger partial charge in [-0.1, -0.05) is 36.4 Å². The Kier molecular flexibility index (Phi) is 5.15. The molecule has 0 saturated heterocycles. The van der Waals surface area contributed by atoms with Gasteiger partial charge >= 0.3 is 0 Å². The molecule has 2 aromatic rings. The van der Waals surface area contributed by atoms with Crippen molar-refractivity contribution in [1.82, 2.24) is 9.55 Å². The maximum Gasteiger partial charge on any atom is 0.279 e. The number of nitrogens with one attached hydrogen (secondary N) is 1. The van der Waals surface area contributed by atoms with E-state index in [1.54, 1.807) is 17.7 Å². The Bertz CT molecular complexity index is 880. The molecule has 0 radical (unpaired) electrons. The number of aromatic nitrogens is 2. The molecular formula is C17H17ClFN3O2S. The van der Waals surface area contributed by atoms with Crippen LogP contribution in [0, 0.1) is 5.82 Å². The second-order valence-electron chi connectivity index (χ2n) is 5.81. The normalized spacial score (nSPS) is 16.5. The molecule has 1 N–H and O–H groups in total. The van der Waals surface area contributed by atoms with Crippen LogP contribution in [-0.2, 0) is 11.8 Å². The average Bonchev–Trinajstić information content (AvgIpc) is 2.56. The van der Waals surface area contributed by atoms with Crippen LogP contribution in [0.3, 0.4) is 0 Å². The fourth-order valence-electron chi connectivity index (χ4n) is 2.95. The quantitative estimate of drug-likeness (QED) is 0.649. The van der Waals surface area contributed by atoms with Gasteiger partial charge in [0.05, 0.1) is 5.56 Å². The van der Waals surface area contributed by atoms with E-state index in [9.17, 15) is 14.0 Å². The Morgan fingerprint density at radius 1 is 1.40 bits per heavy atom.